The Morgan fingerprint density at radius 1 is 1.16 bits per heavy atom. The molecular formula is C21H22FN7O2. The van der Waals surface area contributed by atoms with Crippen LogP contribution in [0.25, 0.3) is 16.6 Å². The van der Waals surface area contributed by atoms with Gasteiger partial charge < -0.3 is 19.9 Å². The van der Waals surface area contributed by atoms with Crippen LogP contribution < -0.4 is 15.4 Å². The second-order valence-electron chi connectivity index (χ2n) is 7.63. The Morgan fingerprint density at radius 2 is 2.03 bits per heavy atom. The number of aromatic nitrogens is 5. The van der Waals surface area contributed by atoms with Crippen LogP contribution in [0.3, 0.4) is 0 Å². The Bertz CT molecular complexity index is 1230. The minimum absolute atomic E-state index is 0.278. The fourth-order valence-electron chi connectivity index (χ4n) is 3.76. The van der Waals surface area contributed by atoms with E-state index in [1.54, 1.807) is 4.52 Å². The van der Waals surface area contributed by atoms with Gasteiger partial charge in [-0.1, -0.05) is 0 Å². The average Bonchev–Trinajstić information content (AvgIpc) is 3.39. The van der Waals surface area contributed by atoms with Crippen molar-refractivity contribution in [2.24, 2.45) is 0 Å². The van der Waals surface area contributed by atoms with Gasteiger partial charge in [-0.05, 0) is 43.6 Å². The molecule has 0 radical (unpaired) electrons. The first-order chi connectivity index (χ1) is 15.0. The van der Waals surface area contributed by atoms with Gasteiger partial charge in [-0.3, -0.25) is 0 Å². The molecule has 5 rings (SSSR count). The monoisotopic (exact) mass is 423 g/mol. The molecule has 4 aromatic rings. The maximum atomic E-state index is 14.0. The number of pyridine rings is 1. The number of hydrogen-bond donors (Lipinski definition) is 2. The third-order valence-electron chi connectivity index (χ3n) is 5.16. The quantitative estimate of drug-likeness (QED) is 0.505. The number of nitrogens with zero attached hydrogens (tertiary/aromatic N) is 5. The fourth-order valence-corrected chi connectivity index (χ4v) is 3.76. The molecule has 160 valence electrons. The molecule has 0 bridgehead atoms. The lowest BCUT2D eigenvalue weighted by atomic mass is 10.1. The van der Waals surface area contributed by atoms with Crippen LogP contribution in [-0.2, 0) is 0 Å². The largest absolute Gasteiger partial charge is 0.467 e. The van der Waals surface area contributed by atoms with Crippen molar-refractivity contribution in [3.05, 3.63) is 47.7 Å². The third-order valence-corrected chi connectivity index (χ3v) is 5.16. The van der Waals surface area contributed by atoms with Crippen LogP contribution in [-0.4, -0.2) is 50.1 Å². The summed E-state index contributed by atoms with van der Waals surface area (Å²) in [7, 11) is 0. The molecule has 10 heteroatoms. The summed E-state index contributed by atoms with van der Waals surface area (Å²) in [6.07, 6.45) is 0.180. The van der Waals surface area contributed by atoms with Crippen molar-refractivity contribution in [3.8, 4) is 17.0 Å². The molecule has 31 heavy (non-hydrogen) atoms. The molecule has 0 spiro atoms. The molecule has 0 aliphatic carbocycles. The van der Waals surface area contributed by atoms with E-state index in [9.17, 15) is 4.39 Å². The Kier molecular flexibility index (Phi) is 4.78. The summed E-state index contributed by atoms with van der Waals surface area (Å²) in [5.74, 6) is 2.93. The van der Waals surface area contributed by atoms with Crippen LogP contribution in [0.2, 0.25) is 0 Å². The summed E-state index contributed by atoms with van der Waals surface area (Å²) in [5.41, 5.74) is 3.30. The van der Waals surface area contributed by atoms with E-state index >= 15 is 0 Å². The Morgan fingerprint density at radius 3 is 2.81 bits per heavy atom. The highest BCUT2D eigenvalue weighted by atomic mass is 19.1. The van der Waals surface area contributed by atoms with Crippen molar-refractivity contribution >= 4 is 17.2 Å². The standard InChI is InChI=1S/C21H22FN7O2/c1-11-6-18(25-13(3)24-11)26-19-8-15-7-14(4-5-29(15)27-19)20-12(2)31-28-21(20)30-17-10-23-9-16(17)22/h4-8,16-17,23H,9-10H2,1-3H3,(H,24,25,26,27)/t16-,17+/m0/s1. The Labute approximate surface area is 177 Å². The minimum atomic E-state index is -1.08. The van der Waals surface area contributed by atoms with E-state index in [2.05, 4.69) is 30.9 Å². The van der Waals surface area contributed by atoms with Crippen molar-refractivity contribution in [2.45, 2.75) is 33.0 Å². The van der Waals surface area contributed by atoms with Gasteiger partial charge in [0.05, 0.1) is 11.1 Å². The molecule has 0 saturated carbocycles. The smallest absolute Gasteiger partial charge is 0.262 e. The molecule has 9 nitrogen and oxygen atoms in total. The molecule has 1 aliphatic heterocycles. The maximum absolute atomic E-state index is 14.0. The van der Waals surface area contributed by atoms with Gasteiger partial charge in [-0.2, -0.15) is 5.10 Å². The van der Waals surface area contributed by atoms with Gasteiger partial charge in [-0.25, -0.2) is 18.9 Å². The zero-order valence-electron chi connectivity index (χ0n) is 17.4. The van der Waals surface area contributed by atoms with E-state index in [4.69, 9.17) is 9.26 Å². The van der Waals surface area contributed by atoms with Crippen LogP contribution in [0.4, 0.5) is 16.0 Å². The normalized spacial score (nSPS) is 18.6. The summed E-state index contributed by atoms with van der Waals surface area (Å²) in [5, 5.41) is 14.7. The lowest BCUT2D eigenvalue weighted by Crippen LogP contribution is -2.27. The summed E-state index contributed by atoms with van der Waals surface area (Å²) < 4.78 is 26.9. The Balaban J connectivity index is 1.45. The average molecular weight is 423 g/mol. The van der Waals surface area contributed by atoms with Gasteiger partial charge >= 0.3 is 0 Å². The van der Waals surface area contributed by atoms with Crippen molar-refractivity contribution < 1.29 is 13.7 Å². The van der Waals surface area contributed by atoms with Gasteiger partial charge in [-0.15, -0.1) is 0 Å². The fraction of sp³-hybridized carbons (Fsp3) is 0.333. The first-order valence-electron chi connectivity index (χ1n) is 10.0. The van der Waals surface area contributed by atoms with Gasteiger partial charge in [0, 0.05) is 37.1 Å². The van der Waals surface area contributed by atoms with Crippen molar-refractivity contribution in [3.63, 3.8) is 0 Å². The first kappa shape index (κ1) is 19.4. The maximum Gasteiger partial charge on any atom is 0.262 e. The van der Waals surface area contributed by atoms with E-state index < -0.39 is 12.3 Å². The molecule has 0 amide bonds. The molecule has 1 aliphatic rings. The highest BCUT2D eigenvalue weighted by Gasteiger charge is 2.31. The van der Waals surface area contributed by atoms with E-state index in [-0.39, 0.29) is 6.54 Å². The molecule has 0 aromatic carbocycles. The number of nitrogens with one attached hydrogen (secondary N) is 2. The molecule has 4 aromatic heterocycles. The van der Waals surface area contributed by atoms with Crippen molar-refractivity contribution in [1.82, 2.24) is 30.1 Å². The number of ether oxygens (including phenoxy) is 1. The third kappa shape index (κ3) is 3.81. The van der Waals surface area contributed by atoms with Gasteiger partial charge in [0.2, 0.25) is 0 Å². The predicted molar refractivity (Wildman–Crippen MR) is 112 cm³/mol. The second-order valence-corrected chi connectivity index (χ2v) is 7.63. The van der Waals surface area contributed by atoms with Crippen molar-refractivity contribution in [1.29, 1.82) is 0 Å². The van der Waals surface area contributed by atoms with Crippen LogP contribution in [0.15, 0.2) is 35.0 Å². The van der Waals surface area contributed by atoms with Crippen LogP contribution in [0.1, 0.15) is 17.3 Å². The van der Waals surface area contributed by atoms with Crippen LogP contribution in [0, 0.1) is 20.8 Å². The second kappa shape index (κ2) is 7.62. The molecule has 2 N–H and O–H groups in total. The van der Waals surface area contributed by atoms with Gasteiger partial charge in [0.25, 0.3) is 5.88 Å². The first-order valence-corrected chi connectivity index (χ1v) is 10.0. The molecule has 5 heterocycles. The van der Waals surface area contributed by atoms with E-state index in [0.717, 1.165) is 16.8 Å². The summed E-state index contributed by atoms with van der Waals surface area (Å²) in [6, 6.07) is 7.64. The predicted octanol–water partition coefficient (Wildman–Crippen LogP) is 3.14. The Hall–Kier alpha value is -3.53. The molecule has 0 unspecified atom stereocenters. The zero-order chi connectivity index (χ0) is 21.5. The van der Waals surface area contributed by atoms with Gasteiger partial charge in [0.15, 0.2) is 12.0 Å². The number of anilines is 2. The summed E-state index contributed by atoms with van der Waals surface area (Å²) in [4.78, 5) is 8.68. The van der Waals surface area contributed by atoms with Crippen LogP contribution >= 0.6 is 0 Å². The number of halogens is 1. The topological polar surface area (TPSA) is 102 Å². The van der Waals surface area contributed by atoms with E-state index in [1.165, 1.54) is 0 Å². The zero-order valence-corrected chi connectivity index (χ0v) is 17.4. The van der Waals surface area contributed by atoms with E-state index in [0.29, 0.717) is 41.2 Å². The highest BCUT2D eigenvalue weighted by Crippen LogP contribution is 2.35. The van der Waals surface area contributed by atoms with Crippen molar-refractivity contribution in [2.75, 3.05) is 18.4 Å². The number of hydrogen-bond acceptors (Lipinski definition) is 8. The number of alkyl halides is 1. The van der Waals surface area contributed by atoms with E-state index in [1.807, 2.05) is 51.2 Å². The number of aryl methyl sites for hydroxylation is 3. The molecule has 1 saturated heterocycles. The minimum Gasteiger partial charge on any atom is -0.467 e. The van der Waals surface area contributed by atoms with Crippen LogP contribution in [0.5, 0.6) is 5.88 Å². The summed E-state index contributed by atoms with van der Waals surface area (Å²) >= 11 is 0. The SMILES string of the molecule is Cc1cc(Nc2cc3cc(-c4c(O[C@@H]5CNC[C@@H]5F)noc4C)ccn3n2)nc(C)n1. The summed E-state index contributed by atoms with van der Waals surface area (Å²) in [6.45, 7) is 6.29. The number of fused-ring (bicyclic) bond motifs is 1. The molecule has 2 atom stereocenters. The lowest BCUT2D eigenvalue weighted by molar-refractivity contribution is 0.129. The molecular weight excluding hydrogens is 401 g/mol. The van der Waals surface area contributed by atoms with Gasteiger partial charge in [0.1, 0.15) is 23.5 Å². The highest BCUT2D eigenvalue weighted by molar-refractivity contribution is 5.75. The lowest BCUT2D eigenvalue weighted by Gasteiger charge is -2.13. The number of rotatable bonds is 5. The molecule has 1 fully saturated rings.